The molecular formula is C10H17F3O3. The number of ether oxygens (including phenoxy) is 1. The van der Waals surface area contributed by atoms with Gasteiger partial charge in [0.1, 0.15) is 0 Å². The third-order valence-corrected chi connectivity index (χ3v) is 2.05. The standard InChI is InChI=1S/C10H17F3O3/c1-7(2)4-3-5-16-6-8(9(14)15)10(11,12)13/h7-8H,3-6H2,1-2H3,(H,14,15). The first-order chi connectivity index (χ1) is 7.25. The molecule has 6 heteroatoms. The number of alkyl halides is 3. The van der Waals surface area contributed by atoms with Gasteiger partial charge < -0.3 is 9.84 Å². The van der Waals surface area contributed by atoms with Crippen molar-refractivity contribution in [3.05, 3.63) is 0 Å². The smallest absolute Gasteiger partial charge is 0.404 e. The van der Waals surface area contributed by atoms with Crippen LogP contribution in [0.5, 0.6) is 0 Å². The van der Waals surface area contributed by atoms with Gasteiger partial charge in [-0.1, -0.05) is 13.8 Å². The van der Waals surface area contributed by atoms with E-state index in [9.17, 15) is 18.0 Å². The summed E-state index contributed by atoms with van der Waals surface area (Å²) in [5.74, 6) is -3.86. The molecule has 0 saturated carbocycles. The Morgan fingerprint density at radius 1 is 1.38 bits per heavy atom. The molecule has 0 amide bonds. The van der Waals surface area contributed by atoms with Gasteiger partial charge in [0, 0.05) is 6.61 Å². The average molecular weight is 242 g/mol. The first-order valence-corrected chi connectivity index (χ1v) is 5.12. The van der Waals surface area contributed by atoms with E-state index in [-0.39, 0.29) is 6.61 Å². The van der Waals surface area contributed by atoms with E-state index in [1.54, 1.807) is 0 Å². The Bertz CT molecular complexity index is 214. The van der Waals surface area contributed by atoms with E-state index in [4.69, 9.17) is 9.84 Å². The van der Waals surface area contributed by atoms with Gasteiger partial charge in [0.15, 0.2) is 5.92 Å². The van der Waals surface area contributed by atoms with Crippen LogP contribution in [-0.4, -0.2) is 30.5 Å². The van der Waals surface area contributed by atoms with Crippen LogP contribution in [0.4, 0.5) is 13.2 Å². The summed E-state index contributed by atoms with van der Waals surface area (Å²) in [7, 11) is 0. The number of hydrogen-bond donors (Lipinski definition) is 1. The number of carboxylic acid groups (broad SMARTS) is 1. The van der Waals surface area contributed by atoms with E-state index in [1.807, 2.05) is 13.8 Å². The van der Waals surface area contributed by atoms with Crippen LogP contribution in [0.15, 0.2) is 0 Å². The maximum atomic E-state index is 12.1. The first kappa shape index (κ1) is 15.2. The molecule has 0 spiro atoms. The normalized spacial score (nSPS) is 14.1. The molecule has 0 heterocycles. The molecule has 3 nitrogen and oxygen atoms in total. The van der Waals surface area contributed by atoms with Gasteiger partial charge in [-0.05, 0) is 18.8 Å². The molecule has 0 aliphatic rings. The van der Waals surface area contributed by atoms with Crippen molar-refractivity contribution in [2.75, 3.05) is 13.2 Å². The minimum absolute atomic E-state index is 0.165. The summed E-state index contributed by atoms with van der Waals surface area (Å²) >= 11 is 0. The third kappa shape index (κ3) is 6.66. The molecule has 0 saturated heterocycles. The predicted octanol–water partition coefficient (Wildman–Crippen LogP) is 2.70. The van der Waals surface area contributed by atoms with Gasteiger partial charge in [-0.2, -0.15) is 13.2 Å². The Morgan fingerprint density at radius 2 is 1.94 bits per heavy atom. The molecule has 1 unspecified atom stereocenters. The number of rotatable bonds is 7. The van der Waals surface area contributed by atoms with Crippen LogP contribution in [0.1, 0.15) is 26.7 Å². The highest BCUT2D eigenvalue weighted by Crippen LogP contribution is 2.26. The van der Waals surface area contributed by atoms with E-state index >= 15 is 0 Å². The van der Waals surface area contributed by atoms with Gasteiger partial charge in [-0.3, -0.25) is 4.79 Å². The lowest BCUT2D eigenvalue weighted by Gasteiger charge is -2.16. The molecule has 0 aliphatic carbocycles. The van der Waals surface area contributed by atoms with E-state index in [2.05, 4.69) is 0 Å². The number of aliphatic carboxylic acids is 1. The molecule has 0 aromatic heterocycles. The summed E-state index contributed by atoms with van der Waals surface area (Å²) in [6, 6.07) is 0. The number of carbonyl (C=O) groups is 1. The van der Waals surface area contributed by atoms with Gasteiger partial charge >= 0.3 is 12.1 Å². The second-order valence-corrected chi connectivity index (χ2v) is 4.04. The van der Waals surface area contributed by atoms with Crippen LogP contribution in [0.3, 0.4) is 0 Å². The minimum Gasteiger partial charge on any atom is -0.481 e. The third-order valence-electron chi connectivity index (χ3n) is 2.05. The summed E-state index contributed by atoms with van der Waals surface area (Å²) in [5.41, 5.74) is 0. The zero-order chi connectivity index (χ0) is 12.8. The van der Waals surface area contributed by atoms with E-state index in [0.29, 0.717) is 12.3 Å². The summed E-state index contributed by atoms with van der Waals surface area (Å²) in [6.07, 6.45) is -3.25. The van der Waals surface area contributed by atoms with Crippen LogP contribution in [0.2, 0.25) is 0 Å². The van der Waals surface area contributed by atoms with Gasteiger partial charge in [0.25, 0.3) is 0 Å². The minimum atomic E-state index is -4.75. The highest BCUT2D eigenvalue weighted by Gasteiger charge is 2.45. The maximum absolute atomic E-state index is 12.1. The number of hydrogen-bond acceptors (Lipinski definition) is 2. The lowest BCUT2D eigenvalue weighted by molar-refractivity contribution is -0.202. The molecule has 1 N–H and O–H groups in total. The van der Waals surface area contributed by atoms with E-state index < -0.39 is 24.7 Å². The summed E-state index contributed by atoms with van der Waals surface area (Å²) in [4.78, 5) is 10.3. The van der Waals surface area contributed by atoms with Crippen LogP contribution in [-0.2, 0) is 9.53 Å². The van der Waals surface area contributed by atoms with Crippen molar-refractivity contribution in [3.63, 3.8) is 0 Å². The monoisotopic (exact) mass is 242 g/mol. The van der Waals surface area contributed by atoms with Crippen molar-refractivity contribution in [1.82, 2.24) is 0 Å². The number of carboxylic acids is 1. The van der Waals surface area contributed by atoms with Crippen molar-refractivity contribution in [2.24, 2.45) is 11.8 Å². The summed E-state index contributed by atoms with van der Waals surface area (Å²) in [6.45, 7) is 3.35. The first-order valence-electron chi connectivity index (χ1n) is 5.12. The maximum Gasteiger partial charge on any atom is 0.404 e. The van der Waals surface area contributed by atoms with Crippen molar-refractivity contribution in [2.45, 2.75) is 32.9 Å². The second kappa shape index (κ2) is 6.73. The Labute approximate surface area is 92.6 Å². The Balaban J connectivity index is 3.83. The highest BCUT2D eigenvalue weighted by molar-refractivity contribution is 5.71. The SMILES string of the molecule is CC(C)CCCOCC(C(=O)O)C(F)(F)F. The van der Waals surface area contributed by atoms with Crippen LogP contribution < -0.4 is 0 Å². The zero-order valence-electron chi connectivity index (χ0n) is 9.38. The molecule has 0 rings (SSSR count). The molecule has 0 fully saturated rings. The van der Waals surface area contributed by atoms with Gasteiger partial charge in [-0.15, -0.1) is 0 Å². The van der Waals surface area contributed by atoms with Crippen LogP contribution in [0, 0.1) is 11.8 Å². The Hall–Kier alpha value is -0.780. The molecule has 0 bridgehead atoms. The lowest BCUT2D eigenvalue weighted by atomic mass is 10.1. The van der Waals surface area contributed by atoms with Crippen LogP contribution in [0.25, 0.3) is 0 Å². The second-order valence-electron chi connectivity index (χ2n) is 4.04. The fourth-order valence-corrected chi connectivity index (χ4v) is 1.10. The molecule has 96 valence electrons. The summed E-state index contributed by atoms with van der Waals surface area (Å²) < 4.78 is 41.2. The largest absolute Gasteiger partial charge is 0.481 e. The van der Waals surface area contributed by atoms with Crippen molar-refractivity contribution >= 4 is 5.97 Å². The number of halogens is 3. The Kier molecular flexibility index (Phi) is 6.40. The van der Waals surface area contributed by atoms with Crippen molar-refractivity contribution in [3.8, 4) is 0 Å². The Morgan fingerprint density at radius 3 is 2.31 bits per heavy atom. The topological polar surface area (TPSA) is 46.5 Å². The molecule has 0 radical (unpaired) electrons. The van der Waals surface area contributed by atoms with Gasteiger partial charge in [-0.25, -0.2) is 0 Å². The van der Waals surface area contributed by atoms with E-state index in [0.717, 1.165) is 6.42 Å². The highest BCUT2D eigenvalue weighted by atomic mass is 19.4. The fourth-order valence-electron chi connectivity index (χ4n) is 1.10. The molecule has 0 aromatic rings. The molecular weight excluding hydrogens is 225 g/mol. The van der Waals surface area contributed by atoms with Gasteiger partial charge in [0.05, 0.1) is 6.61 Å². The molecule has 1 atom stereocenters. The van der Waals surface area contributed by atoms with Crippen molar-refractivity contribution < 1.29 is 27.8 Å². The summed E-state index contributed by atoms with van der Waals surface area (Å²) in [5, 5.41) is 8.35. The van der Waals surface area contributed by atoms with Crippen LogP contribution >= 0.6 is 0 Å². The molecule has 0 aliphatic heterocycles. The molecule has 0 aromatic carbocycles. The average Bonchev–Trinajstić information content (AvgIpc) is 2.07. The fraction of sp³-hybridized carbons (Fsp3) is 0.900. The van der Waals surface area contributed by atoms with Gasteiger partial charge in [0.2, 0.25) is 0 Å². The van der Waals surface area contributed by atoms with E-state index in [1.165, 1.54) is 0 Å². The van der Waals surface area contributed by atoms with Crippen molar-refractivity contribution in [1.29, 1.82) is 0 Å². The quantitative estimate of drug-likeness (QED) is 0.698. The predicted molar refractivity (Wildman–Crippen MR) is 52.1 cm³/mol. The molecule has 16 heavy (non-hydrogen) atoms. The zero-order valence-corrected chi connectivity index (χ0v) is 9.38. The lowest BCUT2D eigenvalue weighted by Crippen LogP contribution is -2.34.